The Labute approximate surface area is 173 Å². The molecule has 2 aromatic rings. The maximum atomic E-state index is 14.4. The van der Waals surface area contributed by atoms with E-state index in [1.165, 1.54) is 12.1 Å². The van der Waals surface area contributed by atoms with Gasteiger partial charge < -0.3 is 5.32 Å². The maximum absolute atomic E-state index is 14.4. The predicted octanol–water partition coefficient (Wildman–Crippen LogP) is 3.77. The van der Waals surface area contributed by atoms with Crippen LogP contribution < -0.4 is 10.0 Å². The number of rotatable bonds is 5. The molecule has 0 aromatic heterocycles. The summed E-state index contributed by atoms with van der Waals surface area (Å²) in [6.45, 7) is -0.0724. The summed E-state index contributed by atoms with van der Waals surface area (Å²) in [6.07, 6.45) is 0.123. The summed E-state index contributed by atoms with van der Waals surface area (Å²) in [7, 11) is -4.19. The van der Waals surface area contributed by atoms with Crippen molar-refractivity contribution < 1.29 is 26.4 Å². The minimum Gasteiger partial charge on any atom is -0.351 e. The third-order valence-corrected chi connectivity index (χ3v) is 6.28. The number of nitrogens with zero attached hydrogens (tertiary/aromatic N) is 1. The Kier molecular flexibility index (Phi) is 6.15. The molecule has 150 valence electrons. The third kappa shape index (κ3) is 4.75. The molecular weight excluding hydrogens is 510 g/mol. The van der Waals surface area contributed by atoms with E-state index >= 15 is 0 Å². The van der Waals surface area contributed by atoms with Gasteiger partial charge in [0.1, 0.15) is 23.1 Å². The monoisotopic (exact) mass is 525 g/mol. The van der Waals surface area contributed by atoms with Crippen LogP contribution in [0.2, 0.25) is 0 Å². The zero-order valence-corrected chi connectivity index (χ0v) is 17.3. The van der Waals surface area contributed by atoms with E-state index in [0.29, 0.717) is 9.64 Å². The Morgan fingerprint density at radius 1 is 0.964 bits per heavy atom. The van der Waals surface area contributed by atoms with Crippen LogP contribution in [0.1, 0.15) is 12.8 Å². The summed E-state index contributed by atoms with van der Waals surface area (Å²) in [4.78, 5) is 11.3. The number of piperidine rings is 1. The van der Waals surface area contributed by atoms with E-state index in [9.17, 15) is 26.4 Å². The average molecular weight is 525 g/mol. The topological polar surface area (TPSA) is 78.5 Å². The van der Waals surface area contributed by atoms with Gasteiger partial charge in [0.2, 0.25) is 0 Å². The van der Waals surface area contributed by atoms with E-state index in [2.05, 4.69) is 10.0 Å². The quantitative estimate of drug-likeness (QED) is 0.583. The number of Topliss-reactive ketones (excluding diaryl/α,β-unsaturated/α-hetero) is 1. The van der Waals surface area contributed by atoms with Crippen molar-refractivity contribution in [3.05, 3.63) is 51.4 Å². The van der Waals surface area contributed by atoms with E-state index in [0.717, 1.165) is 10.4 Å². The number of anilines is 3. The fourth-order valence-corrected chi connectivity index (χ4v) is 4.39. The summed E-state index contributed by atoms with van der Waals surface area (Å²) in [6, 6.07) is 5.54. The van der Waals surface area contributed by atoms with Gasteiger partial charge in [-0.3, -0.25) is 9.52 Å². The van der Waals surface area contributed by atoms with Crippen molar-refractivity contribution in [2.45, 2.75) is 12.8 Å². The number of hydrogen-bond donors (Lipinski definition) is 2. The lowest BCUT2D eigenvalue weighted by Gasteiger charge is -2.26. The number of hydrogen-bond acceptors (Lipinski definition) is 4. The SMILES string of the molecule is O=C1CCN(S(=O)(=O)Nc2c(F)cc(F)cc2Nc2ccc(I)cc2F)CC1. The van der Waals surface area contributed by atoms with Crippen molar-refractivity contribution >= 4 is 55.6 Å². The summed E-state index contributed by atoms with van der Waals surface area (Å²) >= 11 is 1.91. The zero-order chi connectivity index (χ0) is 20.5. The normalized spacial score (nSPS) is 15.5. The molecule has 1 saturated heterocycles. The average Bonchev–Trinajstić information content (AvgIpc) is 2.60. The molecule has 0 atom stereocenters. The molecule has 6 nitrogen and oxygen atoms in total. The molecule has 0 amide bonds. The Morgan fingerprint density at radius 2 is 1.64 bits per heavy atom. The van der Waals surface area contributed by atoms with Crippen LogP contribution in [0.15, 0.2) is 30.3 Å². The number of carbonyl (C=O) groups is 1. The second-order valence-corrected chi connectivity index (χ2v) is 9.02. The lowest BCUT2D eigenvalue weighted by atomic mass is 10.1. The molecule has 0 unspecified atom stereocenters. The number of ketones is 1. The molecule has 0 aliphatic carbocycles. The summed E-state index contributed by atoms with van der Waals surface area (Å²) in [5, 5.41) is 2.52. The van der Waals surface area contributed by atoms with Crippen molar-refractivity contribution in [2.75, 3.05) is 23.1 Å². The van der Waals surface area contributed by atoms with Crippen LogP contribution in [-0.4, -0.2) is 31.6 Å². The molecule has 1 aliphatic heterocycles. The number of nitrogens with one attached hydrogen (secondary N) is 2. The third-order valence-electron chi connectivity index (χ3n) is 4.11. The Balaban J connectivity index is 1.93. The van der Waals surface area contributed by atoms with Gasteiger partial charge in [-0.25, -0.2) is 13.2 Å². The van der Waals surface area contributed by atoms with Gasteiger partial charge in [0.05, 0.1) is 11.4 Å². The molecule has 1 aliphatic rings. The largest absolute Gasteiger partial charge is 0.351 e. The molecule has 2 N–H and O–H groups in total. The minimum absolute atomic E-state index is 0.0362. The predicted molar refractivity (Wildman–Crippen MR) is 107 cm³/mol. The molecule has 0 spiro atoms. The highest BCUT2D eigenvalue weighted by Crippen LogP contribution is 2.32. The highest BCUT2D eigenvalue weighted by atomic mass is 127. The van der Waals surface area contributed by atoms with Gasteiger partial charge in [0, 0.05) is 35.6 Å². The van der Waals surface area contributed by atoms with Crippen LogP contribution in [0.25, 0.3) is 0 Å². The van der Waals surface area contributed by atoms with E-state index in [-0.39, 0.29) is 43.1 Å². The molecule has 3 rings (SSSR count). The molecular formula is C17H15F3IN3O3S. The number of carbonyl (C=O) groups excluding carboxylic acids is 1. The van der Waals surface area contributed by atoms with E-state index < -0.39 is 33.3 Å². The molecule has 1 fully saturated rings. The highest BCUT2D eigenvalue weighted by Gasteiger charge is 2.28. The second kappa shape index (κ2) is 8.25. The van der Waals surface area contributed by atoms with Gasteiger partial charge >= 0.3 is 10.2 Å². The number of halogens is 4. The van der Waals surface area contributed by atoms with Crippen molar-refractivity contribution in [3.63, 3.8) is 0 Å². The van der Waals surface area contributed by atoms with Gasteiger partial charge in [-0.05, 0) is 46.9 Å². The Bertz CT molecular complexity index is 1020. The van der Waals surface area contributed by atoms with Crippen molar-refractivity contribution in [2.24, 2.45) is 0 Å². The van der Waals surface area contributed by atoms with Crippen LogP contribution in [0.5, 0.6) is 0 Å². The molecule has 1 heterocycles. The summed E-state index contributed by atoms with van der Waals surface area (Å²) in [5.74, 6) is -2.85. The summed E-state index contributed by atoms with van der Waals surface area (Å²) < 4.78 is 71.0. The molecule has 0 saturated carbocycles. The second-order valence-electron chi connectivity index (χ2n) is 6.10. The fraction of sp³-hybridized carbons (Fsp3) is 0.235. The van der Waals surface area contributed by atoms with Crippen LogP contribution in [0, 0.1) is 21.0 Å². The maximum Gasteiger partial charge on any atom is 0.301 e. The molecule has 0 bridgehead atoms. The van der Waals surface area contributed by atoms with Crippen LogP contribution in [0.4, 0.5) is 30.2 Å². The Morgan fingerprint density at radius 3 is 2.29 bits per heavy atom. The van der Waals surface area contributed by atoms with E-state index in [4.69, 9.17) is 0 Å². The minimum atomic E-state index is -4.19. The molecule has 2 aromatic carbocycles. The molecule has 28 heavy (non-hydrogen) atoms. The standard InChI is InChI=1S/C17H15F3IN3O3S/c18-10-7-14(20)17(23-28(26,27)24-5-3-12(25)4-6-24)16(8-10)22-15-2-1-11(21)9-13(15)19/h1-2,7-9,22-23H,3-6H2. The summed E-state index contributed by atoms with van der Waals surface area (Å²) in [5.41, 5.74) is -0.903. The van der Waals surface area contributed by atoms with Gasteiger partial charge in [0.15, 0.2) is 5.82 Å². The van der Waals surface area contributed by atoms with E-state index in [1.54, 1.807) is 6.07 Å². The van der Waals surface area contributed by atoms with Gasteiger partial charge in [-0.1, -0.05) is 0 Å². The van der Waals surface area contributed by atoms with Crippen molar-refractivity contribution in [1.29, 1.82) is 0 Å². The van der Waals surface area contributed by atoms with Crippen LogP contribution in [-0.2, 0) is 15.0 Å². The molecule has 0 radical (unpaired) electrons. The lowest BCUT2D eigenvalue weighted by Crippen LogP contribution is -2.42. The first-order valence-electron chi connectivity index (χ1n) is 8.16. The first-order valence-corrected chi connectivity index (χ1v) is 10.7. The first kappa shape index (κ1) is 20.9. The van der Waals surface area contributed by atoms with Gasteiger partial charge in [-0.2, -0.15) is 12.7 Å². The van der Waals surface area contributed by atoms with Crippen molar-refractivity contribution in [3.8, 4) is 0 Å². The lowest BCUT2D eigenvalue weighted by molar-refractivity contribution is -0.120. The highest BCUT2D eigenvalue weighted by molar-refractivity contribution is 14.1. The van der Waals surface area contributed by atoms with Crippen LogP contribution >= 0.6 is 22.6 Å². The first-order chi connectivity index (χ1) is 13.2. The van der Waals surface area contributed by atoms with E-state index in [1.807, 2.05) is 22.6 Å². The smallest absolute Gasteiger partial charge is 0.301 e. The fourth-order valence-electron chi connectivity index (χ4n) is 2.68. The van der Waals surface area contributed by atoms with Gasteiger partial charge in [-0.15, -0.1) is 0 Å². The number of benzene rings is 2. The zero-order valence-electron chi connectivity index (χ0n) is 14.3. The molecule has 11 heteroatoms. The van der Waals surface area contributed by atoms with Crippen LogP contribution in [0.3, 0.4) is 0 Å². The Hall–Kier alpha value is -1.86. The van der Waals surface area contributed by atoms with Gasteiger partial charge in [0.25, 0.3) is 0 Å². The van der Waals surface area contributed by atoms with Crippen molar-refractivity contribution in [1.82, 2.24) is 4.31 Å².